The number of ketones is 1. The summed E-state index contributed by atoms with van der Waals surface area (Å²) in [6, 6.07) is 5.87. The third-order valence-electron chi connectivity index (χ3n) is 2.81. The van der Waals surface area contributed by atoms with Crippen molar-refractivity contribution in [3.63, 3.8) is 0 Å². The molecule has 0 saturated heterocycles. The van der Waals surface area contributed by atoms with E-state index in [-0.39, 0.29) is 11.8 Å². The molecule has 1 aromatic heterocycles. The number of carbonyl (C=O) groups is 1. The lowest BCUT2D eigenvalue weighted by Crippen LogP contribution is -2.26. The van der Waals surface area contributed by atoms with Crippen LogP contribution in [0.4, 0.5) is 5.69 Å². The monoisotopic (exact) mass is 201 g/mol. The van der Waals surface area contributed by atoms with Gasteiger partial charge in [0.15, 0.2) is 5.78 Å². The summed E-state index contributed by atoms with van der Waals surface area (Å²) in [6.45, 7) is 2.01. The van der Waals surface area contributed by atoms with Gasteiger partial charge in [-0.05, 0) is 25.1 Å². The van der Waals surface area contributed by atoms with Crippen LogP contribution in [-0.4, -0.2) is 11.8 Å². The number of furan rings is 1. The summed E-state index contributed by atoms with van der Waals surface area (Å²) in [5.74, 6) is 0.197. The average molecular weight is 201 g/mol. The first-order valence-corrected chi connectivity index (χ1v) is 5.05. The number of hydrogen-bond acceptors (Lipinski definition) is 3. The van der Waals surface area contributed by atoms with E-state index in [1.165, 1.54) is 0 Å². The highest BCUT2D eigenvalue weighted by Gasteiger charge is 2.24. The van der Waals surface area contributed by atoms with Gasteiger partial charge in [-0.3, -0.25) is 4.79 Å². The van der Waals surface area contributed by atoms with Crippen molar-refractivity contribution < 1.29 is 9.21 Å². The summed E-state index contributed by atoms with van der Waals surface area (Å²) in [5, 5.41) is 4.22. The number of carbonyl (C=O) groups excluding carboxylic acids is 1. The molecule has 1 unspecified atom stereocenters. The summed E-state index contributed by atoms with van der Waals surface area (Å²) < 4.78 is 5.28. The van der Waals surface area contributed by atoms with Crippen molar-refractivity contribution in [2.45, 2.75) is 19.4 Å². The van der Waals surface area contributed by atoms with Crippen molar-refractivity contribution in [1.29, 1.82) is 0 Å². The Morgan fingerprint density at radius 2 is 2.27 bits per heavy atom. The van der Waals surface area contributed by atoms with Crippen LogP contribution in [0.5, 0.6) is 0 Å². The summed E-state index contributed by atoms with van der Waals surface area (Å²) in [5.41, 5.74) is 2.48. The number of fused-ring (bicyclic) bond motifs is 3. The van der Waals surface area contributed by atoms with Gasteiger partial charge in [0.05, 0.1) is 11.8 Å². The van der Waals surface area contributed by atoms with Gasteiger partial charge < -0.3 is 9.73 Å². The zero-order valence-electron chi connectivity index (χ0n) is 8.41. The summed E-state index contributed by atoms with van der Waals surface area (Å²) >= 11 is 0. The Hall–Kier alpha value is -1.77. The van der Waals surface area contributed by atoms with E-state index in [0.29, 0.717) is 6.42 Å². The van der Waals surface area contributed by atoms with Crippen molar-refractivity contribution >= 4 is 22.4 Å². The summed E-state index contributed by atoms with van der Waals surface area (Å²) in [6.07, 6.45) is 2.17. The molecule has 3 nitrogen and oxygen atoms in total. The first-order valence-electron chi connectivity index (χ1n) is 5.05. The fourth-order valence-electron chi connectivity index (χ4n) is 2.16. The smallest absolute Gasteiger partial charge is 0.167 e. The van der Waals surface area contributed by atoms with E-state index in [0.717, 1.165) is 22.2 Å². The summed E-state index contributed by atoms with van der Waals surface area (Å²) in [7, 11) is 0. The Morgan fingerprint density at radius 1 is 1.40 bits per heavy atom. The number of hydrogen-bond donors (Lipinski definition) is 1. The zero-order valence-corrected chi connectivity index (χ0v) is 8.41. The Morgan fingerprint density at radius 3 is 3.13 bits per heavy atom. The van der Waals surface area contributed by atoms with Crippen LogP contribution in [0.1, 0.15) is 23.7 Å². The molecule has 0 bridgehead atoms. The second-order valence-corrected chi connectivity index (χ2v) is 3.99. The van der Waals surface area contributed by atoms with Crippen LogP contribution in [0.15, 0.2) is 28.9 Å². The molecule has 2 heterocycles. The lowest BCUT2D eigenvalue weighted by Gasteiger charge is -2.23. The minimum absolute atomic E-state index is 0.197. The van der Waals surface area contributed by atoms with Crippen LogP contribution in [0.2, 0.25) is 0 Å². The Balaban J connectivity index is 2.33. The van der Waals surface area contributed by atoms with Crippen molar-refractivity contribution in [2.75, 3.05) is 5.32 Å². The molecule has 3 heteroatoms. The molecular weight excluding hydrogens is 190 g/mol. The Kier molecular flexibility index (Phi) is 1.63. The molecule has 1 atom stereocenters. The van der Waals surface area contributed by atoms with Gasteiger partial charge in [0.1, 0.15) is 5.58 Å². The van der Waals surface area contributed by atoms with Crippen LogP contribution in [0.3, 0.4) is 0 Å². The van der Waals surface area contributed by atoms with Crippen molar-refractivity contribution in [1.82, 2.24) is 0 Å². The normalized spacial score (nSPS) is 20.1. The van der Waals surface area contributed by atoms with Gasteiger partial charge in [-0.2, -0.15) is 0 Å². The van der Waals surface area contributed by atoms with E-state index in [1.807, 2.05) is 25.1 Å². The second-order valence-electron chi connectivity index (χ2n) is 3.99. The molecular formula is C12H11NO2. The van der Waals surface area contributed by atoms with Crippen LogP contribution >= 0.6 is 0 Å². The molecule has 1 N–H and O–H groups in total. The van der Waals surface area contributed by atoms with Gasteiger partial charge in [-0.25, -0.2) is 0 Å². The summed E-state index contributed by atoms with van der Waals surface area (Å²) in [4.78, 5) is 11.9. The molecule has 76 valence electrons. The van der Waals surface area contributed by atoms with E-state index >= 15 is 0 Å². The fraction of sp³-hybridized carbons (Fsp3) is 0.250. The number of anilines is 1. The molecule has 2 aromatic rings. The maximum atomic E-state index is 11.9. The molecule has 0 saturated carbocycles. The molecule has 0 amide bonds. The maximum absolute atomic E-state index is 11.9. The van der Waals surface area contributed by atoms with Gasteiger partial charge in [-0.1, -0.05) is 0 Å². The van der Waals surface area contributed by atoms with Crippen LogP contribution < -0.4 is 5.32 Å². The van der Waals surface area contributed by atoms with E-state index in [2.05, 4.69) is 5.32 Å². The number of rotatable bonds is 0. The second kappa shape index (κ2) is 2.86. The third kappa shape index (κ3) is 1.16. The first-order chi connectivity index (χ1) is 7.25. The number of benzene rings is 1. The SMILES string of the molecule is CC1CC(=O)c2c(ccc3occc23)N1. The molecule has 3 rings (SSSR count). The van der Waals surface area contributed by atoms with Gasteiger partial charge >= 0.3 is 0 Å². The molecule has 0 fully saturated rings. The molecule has 0 radical (unpaired) electrons. The highest BCUT2D eigenvalue weighted by molar-refractivity contribution is 6.13. The highest BCUT2D eigenvalue weighted by atomic mass is 16.3. The zero-order chi connectivity index (χ0) is 10.4. The molecule has 1 aliphatic heterocycles. The highest BCUT2D eigenvalue weighted by Crippen LogP contribution is 2.32. The van der Waals surface area contributed by atoms with E-state index < -0.39 is 0 Å². The standard InChI is InChI=1S/C12H11NO2/c1-7-6-10(14)12-8-4-5-15-11(8)3-2-9(12)13-7/h2-5,7,13H,6H2,1H3. The minimum Gasteiger partial charge on any atom is -0.464 e. The van der Waals surface area contributed by atoms with E-state index in [4.69, 9.17) is 4.42 Å². The van der Waals surface area contributed by atoms with Gasteiger partial charge in [0, 0.05) is 23.5 Å². The first kappa shape index (κ1) is 8.53. The van der Waals surface area contributed by atoms with Crippen LogP contribution in [0.25, 0.3) is 11.0 Å². The predicted molar refractivity (Wildman–Crippen MR) is 58.2 cm³/mol. The van der Waals surface area contributed by atoms with Crippen molar-refractivity contribution in [2.24, 2.45) is 0 Å². The number of nitrogens with one attached hydrogen (secondary N) is 1. The fourth-order valence-corrected chi connectivity index (χ4v) is 2.16. The average Bonchev–Trinajstić information content (AvgIpc) is 2.63. The van der Waals surface area contributed by atoms with Gasteiger partial charge in [-0.15, -0.1) is 0 Å². The maximum Gasteiger partial charge on any atom is 0.167 e. The molecule has 0 spiro atoms. The molecule has 0 aliphatic carbocycles. The molecule has 15 heavy (non-hydrogen) atoms. The predicted octanol–water partition coefficient (Wildman–Crippen LogP) is 2.82. The third-order valence-corrected chi connectivity index (χ3v) is 2.81. The van der Waals surface area contributed by atoms with E-state index in [9.17, 15) is 4.79 Å². The van der Waals surface area contributed by atoms with E-state index in [1.54, 1.807) is 6.26 Å². The van der Waals surface area contributed by atoms with Crippen molar-refractivity contribution in [3.05, 3.63) is 30.0 Å². The lowest BCUT2D eigenvalue weighted by molar-refractivity contribution is 0.0976. The minimum atomic E-state index is 0.197. The lowest BCUT2D eigenvalue weighted by atomic mass is 9.95. The molecule has 1 aliphatic rings. The number of Topliss-reactive ketones (excluding diaryl/α,β-unsaturated/α-hetero) is 1. The Bertz CT molecular complexity index is 542. The Labute approximate surface area is 87.1 Å². The topological polar surface area (TPSA) is 42.2 Å². The van der Waals surface area contributed by atoms with Gasteiger partial charge in [0.25, 0.3) is 0 Å². The van der Waals surface area contributed by atoms with Crippen LogP contribution in [0, 0.1) is 0 Å². The quantitative estimate of drug-likeness (QED) is 0.712. The van der Waals surface area contributed by atoms with Crippen molar-refractivity contribution in [3.8, 4) is 0 Å². The van der Waals surface area contributed by atoms with Crippen LogP contribution in [-0.2, 0) is 0 Å². The molecule has 1 aromatic carbocycles. The van der Waals surface area contributed by atoms with Gasteiger partial charge in [0.2, 0.25) is 0 Å². The largest absolute Gasteiger partial charge is 0.464 e.